The molecule has 0 aliphatic heterocycles. The summed E-state index contributed by atoms with van der Waals surface area (Å²) in [4.78, 5) is 13.0. The van der Waals surface area contributed by atoms with Crippen molar-refractivity contribution in [3.05, 3.63) is 35.9 Å². The Bertz CT molecular complexity index is 583. The quantitative estimate of drug-likeness (QED) is 0.672. The van der Waals surface area contributed by atoms with E-state index < -0.39 is 5.41 Å². The number of ether oxygens (including phenoxy) is 1. The Balaban J connectivity index is 1.75. The molecule has 2 N–H and O–H groups in total. The van der Waals surface area contributed by atoms with Gasteiger partial charge in [-0.1, -0.05) is 43.2 Å². The number of hydrogen-bond acceptors (Lipinski definition) is 3. The number of benzene rings is 1. The number of nitrogens with two attached hydrogens (primary N) is 1. The first-order valence-corrected chi connectivity index (χ1v) is 8.64. The van der Waals surface area contributed by atoms with Crippen molar-refractivity contribution in [2.75, 3.05) is 6.54 Å². The summed E-state index contributed by atoms with van der Waals surface area (Å²) in [5.41, 5.74) is 6.31. The lowest BCUT2D eigenvalue weighted by Crippen LogP contribution is -2.47. The number of carbonyl (C=O) groups is 1. The third kappa shape index (κ3) is 2.88. The van der Waals surface area contributed by atoms with Gasteiger partial charge in [0.25, 0.3) is 0 Å². The summed E-state index contributed by atoms with van der Waals surface area (Å²) < 4.78 is 5.94. The number of carbonyl (C=O) groups excluding carboxylic acids is 1. The van der Waals surface area contributed by atoms with Crippen molar-refractivity contribution in [1.29, 1.82) is 0 Å². The van der Waals surface area contributed by atoms with Gasteiger partial charge in [-0.2, -0.15) is 0 Å². The highest BCUT2D eigenvalue weighted by atomic mass is 16.5. The number of rotatable bonds is 5. The molecule has 2 saturated carbocycles. The van der Waals surface area contributed by atoms with E-state index in [9.17, 15) is 4.79 Å². The summed E-state index contributed by atoms with van der Waals surface area (Å²) in [6, 6.07) is 10.1. The van der Waals surface area contributed by atoms with Gasteiger partial charge in [0.05, 0.1) is 5.41 Å². The molecule has 1 aromatic rings. The summed E-state index contributed by atoms with van der Waals surface area (Å²) in [6.07, 6.45) is 11.0. The Morgan fingerprint density at radius 3 is 2.61 bits per heavy atom. The van der Waals surface area contributed by atoms with Crippen molar-refractivity contribution in [3.63, 3.8) is 0 Å². The van der Waals surface area contributed by atoms with E-state index in [0.29, 0.717) is 6.54 Å². The number of esters is 1. The smallest absolute Gasteiger partial charge is 0.316 e. The summed E-state index contributed by atoms with van der Waals surface area (Å²) in [6.45, 7) is 0.584. The molecule has 2 aliphatic carbocycles. The molecule has 3 heteroatoms. The molecular formula is C20H25NO2. The van der Waals surface area contributed by atoms with Gasteiger partial charge in [-0.15, -0.1) is 12.3 Å². The minimum absolute atomic E-state index is 0.0618. The first-order valence-electron chi connectivity index (χ1n) is 8.64. The van der Waals surface area contributed by atoms with E-state index in [1.165, 1.54) is 0 Å². The van der Waals surface area contributed by atoms with Gasteiger partial charge in [-0.3, -0.25) is 4.79 Å². The van der Waals surface area contributed by atoms with Crippen LogP contribution in [0.1, 0.15) is 44.1 Å². The van der Waals surface area contributed by atoms with Crippen LogP contribution in [-0.4, -0.2) is 18.6 Å². The van der Waals surface area contributed by atoms with Crippen molar-refractivity contribution in [2.24, 2.45) is 17.6 Å². The van der Waals surface area contributed by atoms with E-state index in [1.807, 2.05) is 18.2 Å². The maximum Gasteiger partial charge on any atom is 0.316 e. The van der Waals surface area contributed by atoms with E-state index in [-0.39, 0.29) is 23.9 Å². The van der Waals surface area contributed by atoms with Gasteiger partial charge in [-0.05, 0) is 37.8 Å². The first kappa shape index (κ1) is 16.1. The molecule has 0 aromatic heterocycles. The zero-order valence-corrected chi connectivity index (χ0v) is 13.5. The molecule has 3 rings (SSSR count). The minimum Gasteiger partial charge on any atom is -0.461 e. The summed E-state index contributed by atoms with van der Waals surface area (Å²) in [5, 5.41) is 0. The highest BCUT2D eigenvalue weighted by Gasteiger charge is 2.48. The zero-order valence-electron chi connectivity index (χ0n) is 13.5. The largest absolute Gasteiger partial charge is 0.461 e. The van der Waals surface area contributed by atoms with Crippen LogP contribution < -0.4 is 5.73 Å². The average Bonchev–Trinajstić information content (AvgIpc) is 3.08. The van der Waals surface area contributed by atoms with E-state index in [0.717, 1.165) is 44.1 Å². The van der Waals surface area contributed by atoms with Crippen molar-refractivity contribution in [2.45, 2.75) is 50.0 Å². The van der Waals surface area contributed by atoms with Gasteiger partial charge < -0.3 is 10.5 Å². The standard InChI is InChI=1S/C20H25NO2/c1-2-15-14-18(17(15)10-13-21)23-19(22)20(11-6-7-12-20)16-8-4-3-5-9-16/h1,3-5,8-9,15,17-18H,6-7,10-14,21H2. The Hall–Kier alpha value is -1.79. The van der Waals surface area contributed by atoms with E-state index in [4.69, 9.17) is 16.9 Å². The van der Waals surface area contributed by atoms with E-state index in [2.05, 4.69) is 18.1 Å². The lowest BCUT2D eigenvalue weighted by Gasteiger charge is -2.43. The maximum absolute atomic E-state index is 13.0. The molecule has 2 aliphatic rings. The highest BCUT2D eigenvalue weighted by molar-refractivity contribution is 5.84. The van der Waals surface area contributed by atoms with Crippen LogP contribution in [0.4, 0.5) is 0 Å². The molecule has 2 fully saturated rings. The van der Waals surface area contributed by atoms with Crippen molar-refractivity contribution >= 4 is 5.97 Å². The molecule has 0 bridgehead atoms. The van der Waals surface area contributed by atoms with Gasteiger partial charge in [0, 0.05) is 11.8 Å². The van der Waals surface area contributed by atoms with Crippen LogP contribution in [-0.2, 0) is 14.9 Å². The second-order valence-corrected chi connectivity index (χ2v) is 6.85. The molecule has 3 atom stereocenters. The summed E-state index contributed by atoms with van der Waals surface area (Å²) in [7, 11) is 0. The summed E-state index contributed by atoms with van der Waals surface area (Å²) >= 11 is 0. The van der Waals surface area contributed by atoms with Crippen LogP contribution in [0.15, 0.2) is 30.3 Å². The minimum atomic E-state index is -0.463. The second-order valence-electron chi connectivity index (χ2n) is 6.85. The van der Waals surface area contributed by atoms with Crippen LogP contribution in [0.5, 0.6) is 0 Å². The molecule has 0 amide bonds. The maximum atomic E-state index is 13.0. The van der Waals surface area contributed by atoms with Gasteiger partial charge >= 0.3 is 5.97 Å². The third-order valence-corrected chi connectivity index (χ3v) is 5.63. The molecule has 0 radical (unpaired) electrons. The Morgan fingerprint density at radius 2 is 2.00 bits per heavy atom. The molecule has 122 valence electrons. The normalized spacial score (nSPS) is 28.6. The molecule has 0 heterocycles. The van der Waals surface area contributed by atoms with Gasteiger partial charge in [0.15, 0.2) is 0 Å². The molecule has 23 heavy (non-hydrogen) atoms. The third-order valence-electron chi connectivity index (χ3n) is 5.63. The highest BCUT2D eigenvalue weighted by Crippen LogP contribution is 2.45. The van der Waals surface area contributed by atoms with Crippen LogP contribution in [0.2, 0.25) is 0 Å². The monoisotopic (exact) mass is 311 g/mol. The van der Waals surface area contributed by atoms with Crippen LogP contribution in [0.3, 0.4) is 0 Å². The molecule has 1 aromatic carbocycles. The average molecular weight is 311 g/mol. The zero-order chi connectivity index (χ0) is 16.3. The van der Waals surface area contributed by atoms with Crippen molar-refractivity contribution < 1.29 is 9.53 Å². The predicted molar refractivity (Wildman–Crippen MR) is 90.6 cm³/mol. The van der Waals surface area contributed by atoms with Gasteiger partial charge in [0.2, 0.25) is 0 Å². The lowest BCUT2D eigenvalue weighted by molar-refractivity contribution is -0.168. The van der Waals surface area contributed by atoms with Crippen LogP contribution >= 0.6 is 0 Å². The Labute approximate surface area is 138 Å². The topological polar surface area (TPSA) is 52.3 Å². The lowest BCUT2D eigenvalue weighted by atomic mass is 9.69. The van der Waals surface area contributed by atoms with E-state index >= 15 is 0 Å². The summed E-state index contributed by atoms with van der Waals surface area (Å²) in [5.74, 6) is 3.16. The molecule has 3 unspecified atom stereocenters. The first-order chi connectivity index (χ1) is 11.2. The van der Waals surface area contributed by atoms with Gasteiger partial charge in [0.1, 0.15) is 6.10 Å². The number of hydrogen-bond donors (Lipinski definition) is 1. The Morgan fingerprint density at radius 1 is 1.30 bits per heavy atom. The Kier molecular flexibility index (Phi) is 4.73. The fraction of sp³-hybridized carbons (Fsp3) is 0.550. The van der Waals surface area contributed by atoms with Crippen LogP contribution in [0.25, 0.3) is 0 Å². The van der Waals surface area contributed by atoms with Crippen LogP contribution in [0, 0.1) is 24.2 Å². The van der Waals surface area contributed by atoms with Gasteiger partial charge in [-0.25, -0.2) is 0 Å². The fourth-order valence-electron chi connectivity index (χ4n) is 4.17. The van der Waals surface area contributed by atoms with Crippen molar-refractivity contribution in [1.82, 2.24) is 0 Å². The molecule has 0 spiro atoms. The fourth-order valence-corrected chi connectivity index (χ4v) is 4.17. The molecular weight excluding hydrogens is 286 g/mol. The SMILES string of the molecule is C#CC1CC(OC(=O)C2(c3ccccc3)CCCC2)C1CCN. The molecule has 0 saturated heterocycles. The van der Waals surface area contributed by atoms with E-state index in [1.54, 1.807) is 0 Å². The number of terminal acetylenes is 1. The van der Waals surface area contributed by atoms with Crippen molar-refractivity contribution in [3.8, 4) is 12.3 Å². The molecule has 3 nitrogen and oxygen atoms in total. The second kappa shape index (κ2) is 6.76. The predicted octanol–water partition coefficient (Wildman–Crippen LogP) is 3.03.